The molecule has 0 bridgehead atoms. The number of benzene rings is 1. The quantitative estimate of drug-likeness (QED) is 0.660. The fraction of sp³-hybridized carbons (Fsp3) is 0.462. The van der Waals surface area contributed by atoms with E-state index in [0.717, 1.165) is 25.7 Å². The second kappa shape index (κ2) is 5.24. The van der Waals surface area contributed by atoms with Gasteiger partial charge in [-0.3, -0.25) is 10.1 Å². The zero-order valence-electron chi connectivity index (χ0n) is 10.5. The van der Waals surface area contributed by atoms with Crippen molar-refractivity contribution in [1.29, 1.82) is 5.26 Å². The standard InChI is InChI=1S/C13H15N3O3/c14-8-10-3-4-11(7-12(10)16(17)18)19-9-13(15)5-1-2-6-13/h3-4,7H,1-2,5-6,9,15H2. The van der Waals surface area contributed by atoms with Crippen LogP contribution < -0.4 is 10.5 Å². The third-order valence-electron chi connectivity index (χ3n) is 3.41. The van der Waals surface area contributed by atoms with Crippen LogP contribution in [0.4, 0.5) is 5.69 Å². The fourth-order valence-electron chi connectivity index (χ4n) is 2.30. The average Bonchev–Trinajstić information content (AvgIpc) is 2.83. The summed E-state index contributed by atoms with van der Waals surface area (Å²) in [5.74, 6) is 0.377. The molecule has 0 aliphatic heterocycles. The van der Waals surface area contributed by atoms with E-state index in [1.54, 1.807) is 12.1 Å². The van der Waals surface area contributed by atoms with Crippen LogP contribution in [-0.4, -0.2) is 17.1 Å². The van der Waals surface area contributed by atoms with Crippen LogP contribution in [0.5, 0.6) is 5.75 Å². The van der Waals surface area contributed by atoms with E-state index < -0.39 is 4.92 Å². The van der Waals surface area contributed by atoms with Gasteiger partial charge in [0.2, 0.25) is 0 Å². The van der Waals surface area contributed by atoms with Crippen molar-refractivity contribution in [3.05, 3.63) is 33.9 Å². The van der Waals surface area contributed by atoms with Gasteiger partial charge in [0, 0.05) is 0 Å². The van der Waals surface area contributed by atoms with Crippen LogP contribution in [0.25, 0.3) is 0 Å². The zero-order chi connectivity index (χ0) is 13.9. The molecule has 2 rings (SSSR count). The lowest BCUT2D eigenvalue weighted by molar-refractivity contribution is -0.385. The Kier molecular flexibility index (Phi) is 3.67. The van der Waals surface area contributed by atoms with Gasteiger partial charge in [0.1, 0.15) is 24.0 Å². The van der Waals surface area contributed by atoms with Crippen molar-refractivity contribution >= 4 is 5.69 Å². The molecule has 1 aromatic carbocycles. The minimum Gasteiger partial charge on any atom is -0.491 e. The first-order chi connectivity index (χ1) is 9.04. The van der Waals surface area contributed by atoms with Crippen LogP contribution in [0, 0.1) is 21.4 Å². The van der Waals surface area contributed by atoms with Crippen molar-refractivity contribution in [3.63, 3.8) is 0 Å². The maximum absolute atomic E-state index is 10.8. The third kappa shape index (κ3) is 3.01. The number of ether oxygens (including phenoxy) is 1. The maximum atomic E-state index is 10.8. The van der Waals surface area contributed by atoms with Crippen molar-refractivity contribution in [2.75, 3.05) is 6.61 Å². The van der Waals surface area contributed by atoms with Crippen molar-refractivity contribution < 1.29 is 9.66 Å². The number of nitro benzene ring substituents is 1. The molecule has 19 heavy (non-hydrogen) atoms. The Bertz CT molecular complexity index is 530. The SMILES string of the molecule is N#Cc1ccc(OCC2(N)CCCC2)cc1[N+](=O)[O-]. The summed E-state index contributed by atoms with van der Waals surface area (Å²) in [5.41, 5.74) is 5.61. The summed E-state index contributed by atoms with van der Waals surface area (Å²) >= 11 is 0. The van der Waals surface area contributed by atoms with Gasteiger partial charge in [0.15, 0.2) is 0 Å². The van der Waals surface area contributed by atoms with E-state index in [-0.39, 0.29) is 16.8 Å². The van der Waals surface area contributed by atoms with E-state index in [1.807, 2.05) is 0 Å². The van der Waals surface area contributed by atoms with E-state index in [2.05, 4.69) is 0 Å². The Morgan fingerprint density at radius 1 is 1.47 bits per heavy atom. The molecule has 1 fully saturated rings. The number of hydrogen-bond acceptors (Lipinski definition) is 5. The van der Waals surface area contributed by atoms with Gasteiger partial charge < -0.3 is 10.5 Å². The minimum atomic E-state index is -0.584. The molecule has 1 aliphatic rings. The summed E-state index contributed by atoms with van der Waals surface area (Å²) in [6.45, 7) is 0.343. The van der Waals surface area contributed by atoms with E-state index >= 15 is 0 Å². The molecule has 0 aromatic heterocycles. The molecule has 1 aromatic rings. The molecule has 6 nitrogen and oxygen atoms in total. The lowest BCUT2D eigenvalue weighted by Crippen LogP contribution is -2.42. The average molecular weight is 261 g/mol. The van der Waals surface area contributed by atoms with E-state index in [0.29, 0.717) is 12.4 Å². The van der Waals surface area contributed by atoms with Crippen LogP contribution in [0.15, 0.2) is 18.2 Å². The first kappa shape index (κ1) is 13.3. The van der Waals surface area contributed by atoms with Crippen LogP contribution >= 0.6 is 0 Å². The van der Waals surface area contributed by atoms with Crippen molar-refractivity contribution in [1.82, 2.24) is 0 Å². The highest BCUT2D eigenvalue weighted by atomic mass is 16.6. The van der Waals surface area contributed by atoms with Crippen LogP contribution in [0.3, 0.4) is 0 Å². The van der Waals surface area contributed by atoms with Crippen molar-refractivity contribution in [3.8, 4) is 11.8 Å². The molecule has 2 N–H and O–H groups in total. The first-order valence-corrected chi connectivity index (χ1v) is 6.14. The highest BCUT2D eigenvalue weighted by molar-refractivity contribution is 5.52. The maximum Gasteiger partial charge on any atom is 0.290 e. The predicted molar refractivity (Wildman–Crippen MR) is 68.7 cm³/mol. The van der Waals surface area contributed by atoms with E-state index in [9.17, 15) is 10.1 Å². The van der Waals surface area contributed by atoms with Gasteiger partial charge in [-0.1, -0.05) is 12.8 Å². The van der Waals surface area contributed by atoms with Gasteiger partial charge in [-0.05, 0) is 25.0 Å². The normalized spacial score (nSPS) is 16.8. The van der Waals surface area contributed by atoms with Crippen molar-refractivity contribution in [2.24, 2.45) is 5.73 Å². The van der Waals surface area contributed by atoms with Gasteiger partial charge >= 0.3 is 0 Å². The molecule has 0 unspecified atom stereocenters. The lowest BCUT2D eigenvalue weighted by atomic mass is 10.0. The molecule has 0 heterocycles. The Hall–Kier alpha value is -2.13. The largest absolute Gasteiger partial charge is 0.491 e. The summed E-state index contributed by atoms with van der Waals surface area (Å²) < 4.78 is 5.54. The first-order valence-electron chi connectivity index (χ1n) is 6.14. The van der Waals surface area contributed by atoms with Crippen LogP contribution in [0.1, 0.15) is 31.2 Å². The summed E-state index contributed by atoms with van der Waals surface area (Å²) in [6.07, 6.45) is 4.00. The monoisotopic (exact) mass is 261 g/mol. The number of nitrogens with zero attached hydrogens (tertiary/aromatic N) is 2. The Balaban J connectivity index is 2.11. The second-order valence-electron chi connectivity index (χ2n) is 4.91. The van der Waals surface area contributed by atoms with Gasteiger partial charge in [0.05, 0.1) is 16.5 Å². The highest BCUT2D eigenvalue weighted by Crippen LogP contribution is 2.29. The molecule has 1 saturated carbocycles. The molecular weight excluding hydrogens is 246 g/mol. The topological polar surface area (TPSA) is 102 Å². The van der Waals surface area contributed by atoms with E-state index in [1.165, 1.54) is 12.1 Å². The predicted octanol–water partition coefficient (Wildman–Crippen LogP) is 2.12. The molecule has 0 radical (unpaired) electrons. The lowest BCUT2D eigenvalue weighted by Gasteiger charge is -2.23. The minimum absolute atomic E-state index is 0.0284. The Morgan fingerprint density at radius 3 is 2.74 bits per heavy atom. The molecule has 0 amide bonds. The number of nitriles is 1. The smallest absolute Gasteiger partial charge is 0.290 e. The van der Waals surface area contributed by atoms with Gasteiger partial charge in [-0.2, -0.15) is 5.26 Å². The zero-order valence-corrected chi connectivity index (χ0v) is 10.5. The molecule has 0 spiro atoms. The molecule has 1 aliphatic carbocycles. The summed E-state index contributed by atoms with van der Waals surface area (Å²) in [5, 5.41) is 19.6. The number of hydrogen-bond donors (Lipinski definition) is 1. The number of rotatable bonds is 4. The molecule has 100 valence electrons. The molecule has 0 atom stereocenters. The number of nitro groups is 1. The Labute approximate surface area is 110 Å². The van der Waals surface area contributed by atoms with Gasteiger partial charge in [-0.15, -0.1) is 0 Å². The molecule has 0 saturated heterocycles. The second-order valence-corrected chi connectivity index (χ2v) is 4.91. The van der Waals surface area contributed by atoms with E-state index in [4.69, 9.17) is 15.7 Å². The number of nitrogens with two attached hydrogens (primary N) is 1. The fourth-order valence-corrected chi connectivity index (χ4v) is 2.30. The summed E-state index contributed by atoms with van der Waals surface area (Å²) in [6, 6.07) is 6.02. The molecule has 6 heteroatoms. The third-order valence-corrected chi connectivity index (χ3v) is 3.41. The molecular formula is C13H15N3O3. The summed E-state index contributed by atoms with van der Waals surface area (Å²) in [7, 11) is 0. The van der Waals surface area contributed by atoms with Gasteiger partial charge in [0.25, 0.3) is 5.69 Å². The Morgan fingerprint density at radius 2 is 2.16 bits per heavy atom. The summed E-state index contributed by atoms with van der Waals surface area (Å²) in [4.78, 5) is 10.2. The van der Waals surface area contributed by atoms with Crippen LogP contribution in [0.2, 0.25) is 0 Å². The van der Waals surface area contributed by atoms with Crippen LogP contribution in [-0.2, 0) is 0 Å². The van der Waals surface area contributed by atoms with Crippen molar-refractivity contribution in [2.45, 2.75) is 31.2 Å². The highest BCUT2D eigenvalue weighted by Gasteiger charge is 2.30. The van der Waals surface area contributed by atoms with Gasteiger partial charge in [-0.25, -0.2) is 0 Å².